The minimum atomic E-state index is -0.373. The number of amides is 1. The van der Waals surface area contributed by atoms with Gasteiger partial charge in [0.25, 0.3) is 5.91 Å². The number of nitrogens with one attached hydrogen (secondary N) is 1. The Morgan fingerprint density at radius 3 is 2.40 bits per heavy atom. The molecule has 0 heterocycles. The lowest BCUT2D eigenvalue weighted by molar-refractivity contribution is -0.489. The lowest BCUT2D eigenvalue weighted by atomic mass is 9.86. The summed E-state index contributed by atoms with van der Waals surface area (Å²) in [6.07, 6.45) is 3.03. The van der Waals surface area contributed by atoms with E-state index in [1.54, 1.807) is 0 Å². The molecule has 1 saturated carbocycles. The zero-order valence-electron chi connectivity index (χ0n) is 11.0. The Bertz CT molecular complexity index is 482. The number of nitro groups is 1. The second kappa shape index (κ2) is 6.45. The largest absolute Gasteiger partial charge is 0.349 e. The first-order chi connectivity index (χ1) is 9.54. The zero-order chi connectivity index (χ0) is 14.5. The fraction of sp³-hybridized carbons (Fsp3) is 0.500. The number of carbonyl (C=O) groups is 1. The Hall–Kier alpha value is -1.98. The van der Waals surface area contributed by atoms with E-state index in [1.165, 1.54) is 24.3 Å². The Morgan fingerprint density at radius 1 is 1.25 bits per heavy atom. The highest BCUT2D eigenvalue weighted by atomic mass is 19.1. The van der Waals surface area contributed by atoms with Crippen LogP contribution in [0.3, 0.4) is 0 Å². The maximum absolute atomic E-state index is 12.8. The Balaban J connectivity index is 1.82. The van der Waals surface area contributed by atoms with Crippen LogP contribution in [0.5, 0.6) is 0 Å². The third kappa shape index (κ3) is 4.01. The van der Waals surface area contributed by atoms with Crippen LogP contribution in [0.4, 0.5) is 4.39 Å². The van der Waals surface area contributed by atoms with Crippen LogP contribution >= 0.6 is 0 Å². The number of hydrogen-bond donors (Lipinski definition) is 1. The molecule has 1 aliphatic rings. The van der Waals surface area contributed by atoms with Gasteiger partial charge >= 0.3 is 0 Å². The number of hydrogen-bond acceptors (Lipinski definition) is 3. The van der Waals surface area contributed by atoms with Crippen molar-refractivity contribution in [1.82, 2.24) is 5.32 Å². The second-order valence-electron chi connectivity index (χ2n) is 5.21. The molecule has 0 bridgehead atoms. The lowest BCUT2D eigenvalue weighted by Gasteiger charge is -2.27. The molecule has 1 amide bonds. The SMILES string of the molecule is O=C(NC1CCC(C[N+](=O)[O-])CC1)c1ccc(F)cc1. The molecule has 0 spiro atoms. The third-order valence-corrected chi connectivity index (χ3v) is 3.70. The van der Waals surface area contributed by atoms with E-state index in [0.29, 0.717) is 5.56 Å². The van der Waals surface area contributed by atoms with Gasteiger partial charge in [0.15, 0.2) is 0 Å². The predicted molar refractivity (Wildman–Crippen MR) is 71.5 cm³/mol. The molecular formula is C14H17FN2O3. The summed E-state index contributed by atoms with van der Waals surface area (Å²) in [7, 11) is 0. The topological polar surface area (TPSA) is 72.2 Å². The summed E-state index contributed by atoms with van der Waals surface area (Å²) in [6, 6.07) is 5.45. The summed E-state index contributed by atoms with van der Waals surface area (Å²) in [4.78, 5) is 22.1. The molecule has 1 aromatic rings. The minimum absolute atomic E-state index is 0.0125. The van der Waals surface area contributed by atoms with Gasteiger partial charge in [0.1, 0.15) is 5.82 Å². The van der Waals surface area contributed by atoms with Gasteiger partial charge in [0.05, 0.1) is 0 Å². The summed E-state index contributed by atoms with van der Waals surface area (Å²) in [5, 5.41) is 13.3. The molecule has 0 radical (unpaired) electrons. The van der Waals surface area contributed by atoms with Gasteiger partial charge in [-0.25, -0.2) is 4.39 Å². The van der Waals surface area contributed by atoms with Gasteiger partial charge in [-0.15, -0.1) is 0 Å². The Morgan fingerprint density at radius 2 is 1.85 bits per heavy atom. The van der Waals surface area contributed by atoms with E-state index in [-0.39, 0.29) is 35.2 Å². The van der Waals surface area contributed by atoms with Crippen molar-refractivity contribution in [3.05, 3.63) is 45.8 Å². The molecule has 108 valence electrons. The molecule has 1 aliphatic carbocycles. The summed E-state index contributed by atoms with van der Waals surface area (Å²) in [5.74, 6) is -0.478. The first-order valence-corrected chi connectivity index (χ1v) is 6.73. The fourth-order valence-electron chi connectivity index (χ4n) is 2.57. The molecule has 1 N–H and O–H groups in total. The first kappa shape index (κ1) is 14.4. The monoisotopic (exact) mass is 280 g/mol. The number of carbonyl (C=O) groups excluding carboxylic acids is 1. The van der Waals surface area contributed by atoms with Crippen LogP contribution < -0.4 is 5.32 Å². The molecule has 0 unspecified atom stereocenters. The van der Waals surface area contributed by atoms with Crippen molar-refractivity contribution >= 4 is 5.91 Å². The number of benzene rings is 1. The smallest absolute Gasteiger partial charge is 0.251 e. The van der Waals surface area contributed by atoms with Crippen molar-refractivity contribution in [2.24, 2.45) is 5.92 Å². The van der Waals surface area contributed by atoms with Crippen LogP contribution in [0.25, 0.3) is 0 Å². The first-order valence-electron chi connectivity index (χ1n) is 6.73. The van der Waals surface area contributed by atoms with Gasteiger partial charge in [-0.05, 0) is 49.9 Å². The van der Waals surface area contributed by atoms with Gasteiger partial charge in [0, 0.05) is 22.4 Å². The molecule has 1 aromatic carbocycles. The number of nitrogens with zero attached hydrogens (tertiary/aromatic N) is 1. The predicted octanol–water partition coefficient (Wildman–Crippen LogP) is 2.39. The van der Waals surface area contributed by atoms with E-state index >= 15 is 0 Å². The molecule has 0 saturated heterocycles. The molecule has 0 aliphatic heterocycles. The lowest BCUT2D eigenvalue weighted by Crippen LogP contribution is -2.38. The van der Waals surface area contributed by atoms with Gasteiger partial charge in [-0.1, -0.05) is 0 Å². The molecule has 0 atom stereocenters. The number of halogens is 1. The summed E-state index contributed by atoms with van der Waals surface area (Å²) < 4.78 is 12.8. The van der Waals surface area contributed by atoms with Crippen molar-refractivity contribution in [1.29, 1.82) is 0 Å². The molecule has 6 heteroatoms. The van der Waals surface area contributed by atoms with Gasteiger partial charge < -0.3 is 5.32 Å². The maximum Gasteiger partial charge on any atom is 0.251 e. The van der Waals surface area contributed by atoms with E-state index in [2.05, 4.69) is 5.32 Å². The zero-order valence-corrected chi connectivity index (χ0v) is 11.0. The van der Waals surface area contributed by atoms with E-state index in [0.717, 1.165) is 25.7 Å². The van der Waals surface area contributed by atoms with E-state index in [1.807, 2.05) is 0 Å². The second-order valence-corrected chi connectivity index (χ2v) is 5.21. The highest BCUT2D eigenvalue weighted by molar-refractivity contribution is 5.94. The van der Waals surface area contributed by atoms with Gasteiger partial charge in [-0.2, -0.15) is 0 Å². The molecule has 20 heavy (non-hydrogen) atoms. The number of rotatable bonds is 4. The third-order valence-electron chi connectivity index (χ3n) is 3.70. The summed E-state index contributed by atoms with van der Waals surface area (Å²) in [5.41, 5.74) is 0.429. The van der Waals surface area contributed by atoms with Crippen LogP contribution in [0.15, 0.2) is 24.3 Å². The van der Waals surface area contributed by atoms with Crippen molar-refractivity contribution in [2.75, 3.05) is 6.54 Å². The summed E-state index contributed by atoms with van der Waals surface area (Å²) in [6.45, 7) is 0.0125. The molecule has 2 rings (SSSR count). The quantitative estimate of drug-likeness (QED) is 0.680. The normalized spacial score (nSPS) is 22.2. The van der Waals surface area contributed by atoms with Crippen molar-refractivity contribution in [3.8, 4) is 0 Å². The highest BCUT2D eigenvalue weighted by Crippen LogP contribution is 2.24. The van der Waals surface area contributed by atoms with Crippen LogP contribution in [0.2, 0.25) is 0 Å². The van der Waals surface area contributed by atoms with E-state index in [4.69, 9.17) is 0 Å². The van der Waals surface area contributed by atoms with Gasteiger partial charge in [-0.3, -0.25) is 14.9 Å². The summed E-state index contributed by atoms with van der Waals surface area (Å²) >= 11 is 0. The Kier molecular flexibility index (Phi) is 4.65. The van der Waals surface area contributed by atoms with Crippen molar-refractivity contribution < 1.29 is 14.1 Å². The maximum atomic E-state index is 12.8. The van der Waals surface area contributed by atoms with E-state index in [9.17, 15) is 19.3 Å². The van der Waals surface area contributed by atoms with E-state index < -0.39 is 0 Å². The van der Waals surface area contributed by atoms with Crippen LogP contribution in [0.1, 0.15) is 36.0 Å². The van der Waals surface area contributed by atoms with Crippen LogP contribution in [0, 0.1) is 21.8 Å². The van der Waals surface area contributed by atoms with Crippen LogP contribution in [-0.2, 0) is 0 Å². The molecule has 1 fully saturated rings. The van der Waals surface area contributed by atoms with Crippen molar-refractivity contribution in [2.45, 2.75) is 31.7 Å². The highest BCUT2D eigenvalue weighted by Gasteiger charge is 2.25. The molecule has 5 nitrogen and oxygen atoms in total. The Labute approximate surface area is 116 Å². The average Bonchev–Trinajstić information content (AvgIpc) is 2.41. The molecule has 0 aromatic heterocycles. The average molecular weight is 280 g/mol. The molecular weight excluding hydrogens is 263 g/mol. The standard InChI is InChI=1S/C14H17FN2O3/c15-12-5-3-11(4-6-12)14(18)16-13-7-1-10(2-8-13)9-17(19)20/h3-6,10,13H,1-2,7-9H2,(H,16,18). The minimum Gasteiger partial charge on any atom is -0.349 e. The van der Waals surface area contributed by atoms with Crippen molar-refractivity contribution in [3.63, 3.8) is 0 Å². The van der Waals surface area contributed by atoms with Crippen LogP contribution in [-0.4, -0.2) is 23.4 Å². The fourth-order valence-corrected chi connectivity index (χ4v) is 2.57. The van der Waals surface area contributed by atoms with Gasteiger partial charge in [0.2, 0.25) is 6.54 Å².